The van der Waals surface area contributed by atoms with Crippen LogP contribution < -0.4 is 10.1 Å². The highest BCUT2D eigenvalue weighted by atomic mass is 16.5. The molecule has 2 rings (SSSR count). The van der Waals surface area contributed by atoms with Crippen LogP contribution in [0.3, 0.4) is 0 Å². The predicted octanol–water partition coefficient (Wildman–Crippen LogP) is 4.21. The molecule has 0 bridgehead atoms. The first-order chi connectivity index (χ1) is 10.3. The molecule has 1 aromatic heterocycles. The van der Waals surface area contributed by atoms with Crippen LogP contribution in [-0.4, -0.2) is 18.1 Å². The fourth-order valence-corrected chi connectivity index (χ4v) is 2.47. The van der Waals surface area contributed by atoms with Crippen LogP contribution in [0.25, 0.3) is 11.1 Å². The van der Waals surface area contributed by atoms with E-state index in [0.29, 0.717) is 12.6 Å². The Morgan fingerprint density at radius 1 is 1.05 bits per heavy atom. The molecule has 21 heavy (non-hydrogen) atoms. The van der Waals surface area contributed by atoms with Gasteiger partial charge in [-0.05, 0) is 37.1 Å². The largest absolute Gasteiger partial charge is 0.492 e. The van der Waals surface area contributed by atoms with E-state index in [1.165, 1.54) is 11.1 Å². The molecule has 1 heterocycles. The second-order valence-electron chi connectivity index (χ2n) is 4.98. The fraction of sp³-hybridized carbons (Fsp3) is 0.389. The maximum Gasteiger partial charge on any atom is 0.138 e. The van der Waals surface area contributed by atoms with Crippen molar-refractivity contribution in [3.63, 3.8) is 0 Å². The van der Waals surface area contributed by atoms with Crippen molar-refractivity contribution in [1.29, 1.82) is 0 Å². The van der Waals surface area contributed by atoms with Gasteiger partial charge in [-0.1, -0.05) is 38.1 Å². The van der Waals surface area contributed by atoms with E-state index in [1.54, 1.807) is 6.20 Å². The number of aromatic nitrogens is 1. The van der Waals surface area contributed by atoms with E-state index in [4.69, 9.17) is 4.74 Å². The van der Waals surface area contributed by atoms with Crippen LogP contribution >= 0.6 is 0 Å². The Labute approximate surface area is 127 Å². The quantitative estimate of drug-likeness (QED) is 0.827. The second kappa shape index (κ2) is 7.79. The highest BCUT2D eigenvalue weighted by Crippen LogP contribution is 2.25. The minimum atomic E-state index is 0.428. The molecule has 1 N–H and O–H groups in total. The minimum absolute atomic E-state index is 0.428. The molecule has 1 unspecified atom stereocenters. The molecule has 3 nitrogen and oxygen atoms in total. The lowest BCUT2D eigenvalue weighted by Crippen LogP contribution is -2.19. The van der Waals surface area contributed by atoms with Crippen LogP contribution in [0.1, 0.15) is 38.8 Å². The van der Waals surface area contributed by atoms with Crippen molar-refractivity contribution >= 4 is 0 Å². The third kappa shape index (κ3) is 4.05. The van der Waals surface area contributed by atoms with E-state index < -0.39 is 0 Å². The van der Waals surface area contributed by atoms with E-state index in [1.807, 2.05) is 19.2 Å². The van der Waals surface area contributed by atoms with Gasteiger partial charge in [-0.3, -0.25) is 4.98 Å². The summed E-state index contributed by atoms with van der Waals surface area (Å²) in [6.45, 7) is 7.97. The number of benzene rings is 1. The van der Waals surface area contributed by atoms with Gasteiger partial charge in [-0.2, -0.15) is 0 Å². The first kappa shape index (κ1) is 15.5. The summed E-state index contributed by atoms with van der Waals surface area (Å²) >= 11 is 0. The van der Waals surface area contributed by atoms with E-state index in [9.17, 15) is 0 Å². The lowest BCUT2D eigenvalue weighted by molar-refractivity contribution is 0.339. The number of pyridine rings is 1. The van der Waals surface area contributed by atoms with Gasteiger partial charge in [0.25, 0.3) is 0 Å². The van der Waals surface area contributed by atoms with Crippen LogP contribution in [0, 0.1) is 0 Å². The topological polar surface area (TPSA) is 34.2 Å². The summed E-state index contributed by atoms with van der Waals surface area (Å²) in [5, 5.41) is 3.50. The van der Waals surface area contributed by atoms with Crippen molar-refractivity contribution in [1.82, 2.24) is 10.3 Å². The van der Waals surface area contributed by atoms with Crippen LogP contribution in [-0.2, 0) is 0 Å². The average molecular weight is 284 g/mol. The zero-order valence-electron chi connectivity index (χ0n) is 13.1. The van der Waals surface area contributed by atoms with Gasteiger partial charge in [0.15, 0.2) is 0 Å². The summed E-state index contributed by atoms with van der Waals surface area (Å²) in [5.74, 6) is 0.818. The number of hydrogen-bond acceptors (Lipinski definition) is 3. The van der Waals surface area contributed by atoms with Gasteiger partial charge < -0.3 is 10.1 Å². The molecule has 0 spiro atoms. The summed E-state index contributed by atoms with van der Waals surface area (Å²) in [5.41, 5.74) is 3.58. The normalized spacial score (nSPS) is 12.1. The van der Waals surface area contributed by atoms with Crippen molar-refractivity contribution < 1.29 is 4.74 Å². The van der Waals surface area contributed by atoms with Crippen molar-refractivity contribution in [2.45, 2.75) is 33.2 Å². The molecule has 1 atom stereocenters. The molecule has 0 aliphatic rings. The molecule has 0 saturated heterocycles. The smallest absolute Gasteiger partial charge is 0.138 e. The predicted molar refractivity (Wildman–Crippen MR) is 87.6 cm³/mol. The Morgan fingerprint density at radius 3 is 2.43 bits per heavy atom. The molecule has 2 aromatic rings. The summed E-state index contributed by atoms with van der Waals surface area (Å²) in [7, 11) is 0. The van der Waals surface area contributed by atoms with Crippen LogP contribution in [0.5, 0.6) is 5.75 Å². The van der Waals surface area contributed by atoms with Crippen LogP contribution in [0.15, 0.2) is 42.7 Å². The monoisotopic (exact) mass is 284 g/mol. The average Bonchev–Trinajstić information content (AvgIpc) is 2.53. The lowest BCUT2D eigenvalue weighted by Gasteiger charge is -2.16. The van der Waals surface area contributed by atoms with Gasteiger partial charge >= 0.3 is 0 Å². The van der Waals surface area contributed by atoms with E-state index in [-0.39, 0.29) is 0 Å². The van der Waals surface area contributed by atoms with Crippen LogP contribution in [0.2, 0.25) is 0 Å². The molecule has 0 aliphatic carbocycles. The maximum atomic E-state index is 5.51. The first-order valence-corrected chi connectivity index (χ1v) is 7.70. The van der Waals surface area contributed by atoms with Gasteiger partial charge in [-0.15, -0.1) is 0 Å². The van der Waals surface area contributed by atoms with Crippen molar-refractivity contribution in [3.05, 3.63) is 48.3 Å². The zero-order valence-corrected chi connectivity index (χ0v) is 13.1. The molecule has 0 fully saturated rings. The Morgan fingerprint density at radius 2 is 1.81 bits per heavy atom. The third-order valence-electron chi connectivity index (χ3n) is 3.53. The number of hydrogen-bond donors (Lipinski definition) is 1. The van der Waals surface area contributed by atoms with E-state index in [0.717, 1.165) is 24.3 Å². The molecule has 0 amide bonds. The maximum absolute atomic E-state index is 5.51. The van der Waals surface area contributed by atoms with Gasteiger partial charge in [0, 0.05) is 17.8 Å². The molecular weight excluding hydrogens is 260 g/mol. The SMILES string of the molecule is CCNC(CC)c1ccc(-c2cncc(OCC)c2)cc1. The minimum Gasteiger partial charge on any atom is -0.492 e. The van der Waals surface area contributed by atoms with Gasteiger partial charge in [0.05, 0.1) is 12.8 Å². The summed E-state index contributed by atoms with van der Waals surface area (Å²) in [4.78, 5) is 4.25. The molecule has 0 radical (unpaired) electrons. The Hall–Kier alpha value is -1.87. The Bertz CT molecular complexity index is 551. The van der Waals surface area contributed by atoms with Crippen LogP contribution in [0.4, 0.5) is 0 Å². The molecule has 0 saturated carbocycles. The number of nitrogens with one attached hydrogen (secondary N) is 1. The number of rotatable bonds is 7. The molecule has 3 heteroatoms. The Kier molecular flexibility index (Phi) is 5.76. The highest BCUT2D eigenvalue weighted by molar-refractivity contribution is 5.64. The first-order valence-electron chi connectivity index (χ1n) is 7.70. The Balaban J connectivity index is 2.20. The summed E-state index contributed by atoms with van der Waals surface area (Å²) < 4.78 is 5.51. The summed E-state index contributed by atoms with van der Waals surface area (Å²) in [6, 6.07) is 11.2. The van der Waals surface area contributed by atoms with Gasteiger partial charge in [-0.25, -0.2) is 0 Å². The van der Waals surface area contributed by atoms with E-state index in [2.05, 4.69) is 48.4 Å². The van der Waals surface area contributed by atoms with Gasteiger partial charge in [0.2, 0.25) is 0 Å². The third-order valence-corrected chi connectivity index (χ3v) is 3.53. The highest BCUT2D eigenvalue weighted by Gasteiger charge is 2.08. The zero-order chi connectivity index (χ0) is 15.1. The molecule has 112 valence electrons. The molecule has 1 aromatic carbocycles. The van der Waals surface area contributed by atoms with Crippen molar-refractivity contribution in [2.24, 2.45) is 0 Å². The molecule has 0 aliphatic heterocycles. The second-order valence-corrected chi connectivity index (χ2v) is 4.98. The number of ether oxygens (including phenoxy) is 1. The number of nitrogens with zero attached hydrogens (tertiary/aromatic N) is 1. The fourth-order valence-electron chi connectivity index (χ4n) is 2.47. The standard InChI is InChI=1S/C18H24N2O/c1-4-18(20-5-2)15-9-7-14(8-10-15)16-11-17(21-6-3)13-19-12-16/h7-13,18,20H,4-6H2,1-3H3. The van der Waals surface area contributed by atoms with Crippen molar-refractivity contribution in [2.75, 3.05) is 13.2 Å². The lowest BCUT2D eigenvalue weighted by atomic mass is 10.0. The van der Waals surface area contributed by atoms with Gasteiger partial charge in [0.1, 0.15) is 5.75 Å². The van der Waals surface area contributed by atoms with Crippen molar-refractivity contribution in [3.8, 4) is 16.9 Å². The van der Waals surface area contributed by atoms with E-state index >= 15 is 0 Å². The summed E-state index contributed by atoms with van der Waals surface area (Å²) in [6.07, 6.45) is 4.72. The molecular formula is C18H24N2O.